The van der Waals surface area contributed by atoms with E-state index in [1.54, 1.807) is 12.1 Å². The molecule has 1 aromatic rings. The molecule has 5 heteroatoms. The van der Waals surface area contributed by atoms with Crippen LogP contribution >= 0.6 is 0 Å². The van der Waals surface area contributed by atoms with Gasteiger partial charge in [-0.25, -0.2) is 0 Å². The summed E-state index contributed by atoms with van der Waals surface area (Å²) in [6.45, 7) is 2.92. The van der Waals surface area contributed by atoms with Gasteiger partial charge in [0.25, 0.3) is 0 Å². The molecule has 0 radical (unpaired) electrons. The first-order chi connectivity index (χ1) is 14.1. The largest absolute Gasteiger partial charge is 0.394 e. The van der Waals surface area contributed by atoms with Crippen molar-refractivity contribution in [3.05, 3.63) is 35.9 Å². The summed E-state index contributed by atoms with van der Waals surface area (Å²) < 4.78 is 0. The highest BCUT2D eigenvalue weighted by Crippen LogP contribution is 2.33. The molecule has 0 unspecified atom stereocenters. The number of aliphatic hydroxyl groups is 2. The highest BCUT2D eigenvalue weighted by atomic mass is 16.3. The second kappa shape index (κ2) is 11.1. The molecule has 29 heavy (non-hydrogen) atoms. The Hall–Kier alpha value is -1.43. The van der Waals surface area contributed by atoms with Crippen molar-refractivity contribution in [2.75, 3.05) is 13.2 Å². The van der Waals surface area contributed by atoms with E-state index in [9.17, 15) is 15.0 Å². The zero-order valence-electron chi connectivity index (χ0n) is 17.7. The predicted octanol–water partition coefficient (Wildman–Crippen LogP) is 3.17. The van der Waals surface area contributed by atoms with E-state index in [1.807, 2.05) is 18.2 Å². The van der Waals surface area contributed by atoms with E-state index in [1.165, 1.54) is 38.5 Å². The third-order valence-electron chi connectivity index (χ3n) is 6.99. The SMILES string of the molecule is CC1CCC(CC[C@@H]2CCN[C@H](C(=O)N[C@@H](CO)[C@H](O)c3ccccc3)C2)CC1. The molecule has 3 rings (SSSR count). The van der Waals surface area contributed by atoms with Crippen LogP contribution in [0.4, 0.5) is 0 Å². The molecule has 4 atom stereocenters. The van der Waals surface area contributed by atoms with Crippen LogP contribution in [0.25, 0.3) is 0 Å². The zero-order chi connectivity index (χ0) is 20.6. The van der Waals surface area contributed by atoms with Crippen LogP contribution < -0.4 is 10.6 Å². The summed E-state index contributed by atoms with van der Waals surface area (Å²) >= 11 is 0. The number of amides is 1. The lowest BCUT2D eigenvalue weighted by molar-refractivity contribution is -0.126. The molecule has 1 aliphatic carbocycles. The van der Waals surface area contributed by atoms with Gasteiger partial charge in [0.1, 0.15) is 6.10 Å². The van der Waals surface area contributed by atoms with E-state index >= 15 is 0 Å². The maximum absolute atomic E-state index is 12.8. The van der Waals surface area contributed by atoms with Crippen molar-refractivity contribution in [3.63, 3.8) is 0 Å². The Labute approximate surface area is 175 Å². The van der Waals surface area contributed by atoms with Gasteiger partial charge in [0.05, 0.1) is 18.7 Å². The minimum atomic E-state index is -0.918. The lowest BCUT2D eigenvalue weighted by Gasteiger charge is -2.33. The van der Waals surface area contributed by atoms with Crippen LogP contribution in [0.5, 0.6) is 0 Å². The Morgan fingerprint density at radius 2 is 1.79 bits per heavy atom. The zero-order valence-corrected chi connectivity index (χ0v) is 17.7. The average molecular weight is 403 g/mol. The molecule has 162 valence electrons. The monoisotopic (exact) mass is 402 g/mol. The number of aliphatic hydroxyl groups excluding tert-OH is 2. The summed E-state index contributed by atoms with van der Waals surface area (Å²) in [5.74, 6) is 2.23. The lowest BCUT2D eigenvalue weighted by Crippen LogP contribution is -2.53. The van der Waals surface area contributed by atoms with Gasteiger partial charge < -0.3 is 20.8 Å². The van der Waals surface area contributed by atoms with Gasteiger partial charge in [0.2, 0.25) is 5.91 Å². The van der Waals surface area contributed by atoms with Crippen molar-refractivity contribution >= 4 is 5.91 Å². The Morgan fingerprint density at radius 1 is 1.10 bits per heavy atom. The van der Waals surface area contributed by atoms with E-state index in [-0.39, 0.29) is 18.6 Å². The van der Waals surface area contributed by atoms with Crippen molar-refractivity contribution in [3.8, 4) is 0 Å². The summed E-state index contributed by atoms with van der Waals surface area (Å²) in [4.78, 5) is 12.8. The molecular formula is C24H38N2O3. The number of rotatable bonds is 8. The molecule has 1 aromatic carbocycles. The van der Waals surface area contributed by atoms with Crippen LogP contribution in [0.2, 0.25) is 0 Å². The molecule has 1 saturated heterocycles. The number of hydrogen-bond acceptors (Lipinski definition) is 4. The number of carbonyl (C=O) groups excluding carboxylic acids is 1. The molecule has 1 heterocycles. The van der Waals surface area contributed by atoms with Gasteiger partial charge >= 0.3 is 0 Å². The van der Waals surface area contributed by atoms with Gasteiger partial charge in [-0.1, -0.05) is 75.8 Å². The van der Waals surface area contributed by atoms with Crippen LogP contribution in [-0.2, 0) is 4.79 Å². The number of benzene rings is 1. The van der Waals surface area contributed by atoms with Gasteiger partial charge in [0, 0.05) is 0 Å². The lowest BCUT2D eigenvalue weighted by atomic mass is 9.78. The molecule has 5 nitrogen and oxygen atoms in total. The van der Waals surface area contributed by atoms with Gasteiger partial charge in [-0.15, -0.1) is 0 Å². The predicted molar refractivity (Wildman–Crippen MR) is 115 cm³/mol. The van der Waals surface area contributed by atoms with Crippen LogP contribution in [-0.4, -0.2) is 41.4 Å². The summed E-state index contributed by atoms with van der Waals surface area (Å²) in [6.07, 6.45) is 9.02. The van der Waals surface area contributed by atoms with E-state index in [0.29, 0.717) is 11.5 Å². The van der Waals surface area contributed by atoms with Crippen LogP contribution in [0.3, 0.4) is 0 Å². The van der Waals surface area contributed by atoms with Crippen LogP contribution in [0, 0.1) is 17.8 Å². The number of nitrogens with one attached hydrogen (secondary N) is 2. The maximum atomic E-state index is 12.8. The third kappa shape index (κ3) is 6.53. The van der Waals surface area contributed by atoms with Gasteiger partial charge in [-0.05, 0) is 42.7 Å². The van der Waals surface area contributed by atoms with Crippen molar-refractivity contribution in [1.29, 1.82) is 0 Å². The first-order valence-corrected chi connectivity index (χ1v) is 11.4. The molecule has 1 saturated carbocycles. The number of piperidine rings is 1. The summed E-state index contributed by atoms with van der Waals surface area (Å²) in [6, 6.07) is 8.24. The fourth-order valence-electron chi connectivity index (χ4n) is 4.94. The highest BCUT2D eigenvalue weighted by Gasteiger charge is 2.30. The third-order valence-corrected chi connectivity index (χ3v) is 6.99. The Morgan fingerprint density at radius 3 is 2.48 bits per heavy atom. The molecule has 1 aliphatic heterocycles. The molecule has 0 bridgehead atoms. The standard InChI is InChI=1S/C24H38N2O3/c1-17-7-9-18(10-8-17)11-12-19-13-14-25-21(15-19)24(29)26-22(16-27)23(28)20-5-3-2-4-6-20/h2-6,17-19,21-23,25,27-28H,7-16H2,1H3,(H,26,29)/t17?,18?,19-,21+,22+,23-/m1/s1. The molecule has 2 aliphatic rings. The van der Waals surface area contributed by atoms with E-state index < -0.39 is 12.1 Å². The second-order valence-corrected chi connectivity index (χ2v) is 9.25. The number of hydrogen-bond donors (Lipinski definition) is 4. The molecule has 2 fully saturated rings. The Bertz CT molecular complexity index is 616. The molecule has 0 spiro atoms. The van der Waals surface area contributed by atoms with Gasteiger partial charge in [-0.2, -0.15) is 0 Å². The topological polar surface area (TPSA) is 81.6 Å². The summed E-state index contributed by atoms with van der Waals surface area (Å²) in [5, 5.41) is 26.4. The van der Waals surface area contributed by atoms with Crippen molar-refractivity contribution in [1.82, 2.24) is 10.6 Å². The van der Waals surface area contributed by atoms with Crippen molar-refractivity contribution in [2.45, 2.75) is 76.5 Å². The minimum absolute atomic E-state index is 0.116. The van der Waals surface area contributed by atoms with E-state index in [4.69, 9.17) is 0 Å². The van der Waals surface area contributed by atoms with Gasteiger partial charge in [0.15, 0.2) is 0 Å². The van der Waals surface area contributed by atoms with Crippen LogP contribution in [0.15, 0.2) is 30.3 Å². The van der Waals surface area contributed by atoms with Crippen molar-refractivity contribution in [2.24, 2.45) is 17.8 Å². The maximum Gasteiger partial charge on any atom is 0.237 e. The Balaban J connectivity index is 1.47. The summed E-state index contributed by atoms with van der Waals surface area (Å²) in [7, 11) is 0. The van der Waals surface area contributed by atoms with E-state index in [2.05, 4.69) is 17.6 Å². The molecule has 4 N–H and O–H groups in total. The minimum Gasteiger partial charge on any atom is -0.394 e. The fourth-order valence-corrected chi connectivity index (χ4v) is 4.94. The first-order valence-electron chi connectivity index (χ1n) is 11.4. The van der Waals surface area contributed by atoms with Gasteiger partial charge in [-0.3, -0.25) is 4.79 Å². The summed E-state index contributed by atoms with van der Waals surface area (Å²) in [5.41, 5.74) is 0.697. The normalized spacial score (nSPS) is 29.8. The molecule has 1 amide bonds. The van der Waals surface area contributed by atoms with E-state index in [0.717, 1.165) is 31.2 Å². The van der Waals surface area contributed by atoms with Crippen molar-refractivity contribution < 1.29 is 15.0 Å². The smallest absolute Gasteiger partial charge is 0.237 e. The second-order valence-electron chi connectivity index (χ2n) is 9.25. The average Bonchev–Trinajstić information content (AvgIpc) is 2.77. The first kappa shape index (κ1) is 22.3. The quantitative estimate of drug-likeness (QED) is 0.538. The molecule has 0 aromatic heterocycles. The molecular weight excluding hydrogens is 364 g/mol. The number of carbonyl (C=O) groups is 1. The fraction of sp³-hybridized carbons (Fsp3) is 0.708. The van der Waals surface area contributed by atoms with Crippen LogP contribution in [0.1, 0.15) is 70.0 Å². The highest BCUT2D eigenvalue weighted by molar-refractivity contribution is 5.82. The Kier molecular flexibility index (Phi) is 8.52.